The highest BCUT2D eigenvalue weighted by Crippen LogP contribution is 2.50. The van der Waals surface area contributed by atoms with Gasteiger partial charge in [-0.1, -0.05) is 26.0 Å². The number of hydrogen-bond acceptors (Lipinski definition) is 7. The van der Waals surface area contributed by atoms with Crippen LogP contribution in [0.4, 0.5) is 17.6 Å². The van der Waals surface area contributed by atoms with Crippen molar-refractivity contribution in [3.63, 3.8) is 0 Å². The van der Waals surface area contributed by atoms with Crippen LogP contribution in [0, 0.1) is 5.41 Å². The molecule has 0 spiro atoms. The van der Waals surface area contributed by atoms with E-state index in [0.29, 0.717) is 18.2 Å². The second kappa shape index (κ2) is 7.80. The number of carbonyl (C=O) groups excluding carboxylic acids is 1. The van der Waals surface area contributed by atoms with E-state index in [1.165, 1.54) is 6.42 Å². The number of rotatable bonds is 3. The van der Waals surface area contributed by atoms with Gasteiger partial charge in [0.05, 0.1) is 7.11 Å². The first-order chi connectivity index (χ1) is 15.4. The van der Waals surface area contributed by atoms with E-state index >= 15 is 0 Å². The first kappa shape index (κ1) is 20.8. The van der Waals surface area contributed by atoms with E-state index in [4.69, 9.17) is 20.4 Å². The Labute approximate surface area is 189 Å². The lowest BCUT2D eigenvalue weighted by molar-refractivity contribution is -0.118. The van der Waals surface area contributed by atoms with Crippen molar-refractivity contribution in [3.05, 3.63) is 46.7 Å². The van der Waals surface area contributed by atoms with Crippen LogP contribution in [0.1, 0.15) is 63.0 Å². The summed E-state index contributed by atoms with van der Waals surface area (Å²) in [6.07, 6.45) is 4.83. The standard InChI is InChI=1S/C25H31N5O2/c1-25(2)13-17-20(18(31)14-25)19(15-7-9-16(32-3)10-8-15)21-22(26)28-24(29-23(21)27-17)30-11-5-4-6-12-30/h7-10,19H,4-6,11-14H2,1-3H3,(H3,26,27,28,29)/t19-/m1/s1. The normalized spacial score (nSPS) is 22.2. The molecule has 0 unspecified atom stereocenters. The molecule has 0 saturated carbocycles. The van der Waals surface area contributed by atoms with Gasteiger partial charge in [-0.3, -0.25) is 4.79 Å². The summed E-state index contributed by atoms with van der Waals surface area (Å²) in [6.45, 7) is 6.17. The third kappa shape index (κ3) is 3.59. The van der Waals surface area contributed by atoms with Crippen LogP contribution in [0.5, 0.6) is 5.75 Å². The van der Waals surface area contributed by atoms with Crippen molar-refractivity contribution in [2.24, 2.45) is 5.41 Å². The Hall–Kier alpha value is -3.09. The molecule has 168 valence electrons. The lowest BCUT2D eigenvalue weighted by Crippen LogP contribution is -2.36. The van der Waals surface area contributed by atoms with Crippen molar-refractivity contribution >= 4 is 23.4 Å². The van der Waals surface area contributed by atoms with E-state index in [0.717, 1.165) is 66.3 Å². The summed E-state index contributed by atoms with van der Waals surface area (Å²) >= 11 is 0. The Kier molecular flexibility index (Phi) is 5.07. The van der Waals surface area contributed by atoms with E-state index in [2.05, 4.69) is 24.1 Å². The smallest absolute Gasteiger partial charge is 0.229 e. The molecule has 2 aromatic rings. The lowest BCUT2D eigenvalue weighted by Gasteiger charge is -2.39. The summed E-state index contributed by atoms with van der Waals surface area (Å²) in [7, 11) is 1.65. The number of methoxy groups -OCH3 is 1. The Morgan fingerprint density at radius 2 is 1.81 bits per heavy atom. The van der Waals surface area contributed by atoms with Gasteiger partial charge in [0, 0.05) is 42.3 Å². The van der Waals surface area contributed by atoms with Crippen molar-refractivity contribution in [3.8, 4) is 5.75 Å². The lowest BCUT2D eigenvalue weighted by atomic mass is 9.69. The van der Waals surface area contributed by atoms with Gasteiger partial charge in [0.1, 0.15) is 17.4 Å². The third-order valence-electron chi connectivity index (χ3n) is 6.82. The number of allylic oxidation sites excluding steroid dienone is 2. The molecule has 0 bridgehead atoms. The van der Waals surface area contributed by atoms with Crippen molar-refractivity contribution in [2.45, 2.75) is 51.9 Å². The monoisotopic (exact) mass is 433 g/mol. The molecule has 2 aliphatic heterocycles. The SMILES string of the molecule is COc1ccc([C@@H]2C3=C(CC(C)(C)CC3=O)Nc3nc(N4CCCCC4)nc(N)c32)cc1. The summed E-state index contributed by atoms with van der Waals surface area (Å²) in [4.78, 5) is 25.2. The number of nitrogen functional groups attached to an aromatic ring is 1. The average Bonchev–Trinajstić information content (AvgIpc) is 2.77. The zero-order chi connectivity index (χ0) is 22.5. The predicted octanol–water partition coefficient (Wildman–Crippen LogP) is 4.26. The summed E-state index contributed by atoms with van der Waals surface area (Å²) in [5.41, 5.74) is 10.0. The Bertz CT molecular complexity index is 1080. The van der Waals surface area contributed by atoms with E-state index in [-0.39, 0.29) is 17.1 Å². The Morgan fingerprint density at radius 3 is 2.50 bits per heavy atom. The van der Waals surface area contributed by atoms with Crippen LogP contribution in [-0.4, -0.2) is 36.0 Å². The highest BCUT2D eigenvalue weighted by Gasteiger charge is 2.42. The van der Waals surface area contributed by atoms with Gasteiger partial charge in [-0.2, -0.15) is 9.97 Å². The van der Waals surface area contributed by atoms with Gasteiger partial charge < -0.3 is 20.7 Å². The maximum absolute atomic E-state index is 13.4. The number of carbonyl (C=O) groups is 1. The van der Waals surface area contributed by atoms with Crippen LogP contribution in [-0.2, 0) is 4.79 Å². The first-order valence-electron chi connectivity index (χ1n) is 11.5. The molecule has 3 N–H and O–H groups in total. The molecule has 3 aliphatic rings. The molecule has 7 nitrogen and oxygen atoms in total. The molecule has 1 aliphatic carbocycles. The fraction of sp³-hybridized carbons (Fsp3) is 0.480. The molecule has 1 aromatic carbocycles. The number of piperidine rings is 1. The van der Waals surface area contributed by atoms with Crippen LogP contribution in [0.25, 0.3) is 0 Å². The fourth-order valence-electron chi connectivity index (χ4n) is 5.29. The highest BCUT2D eigenvalue weighted by atomic mass is 16.5. The average molecular weight is 434 g/mol. The molecule has 7 heteroatoms. The van der Waals surface area contributed by atoms with Gasteiger partial charge in [0.2, 0.25) is 5.95 Å². The number of ether oxygens (including phenoxy) is 1. The Balaban J connectivity index is 1.66. The van der Waals surface area contributed by atoms with Gasteiger partial charge in [-0.25, -0.2) is 0 Å². The number of fused-ring (bicyclic) bond motifs is 1. The Morgan fingerprint density at radius 1 is 1.09 bits per heavy atom. The topological polar surface area (TPSA) is 93.4 Å². The number of benzene rings is 1. The number of anilines is 3. The molecule has 3 heterocycles. The number of hydrogen-bond donors (Lipinski definition) is 2. The summed E-state index contributed by atoms with van der Waals surface area (Å²) in [5, 5.41) is 3.50. The predicted molar refractivity (Wildman–Crippen MR) is 126 cm³/mol. The number of nitrogens with one attached hydrogen (secondary N) is 1. The number of nitrogens with two attached hydrogens (primary N) is 1. The second-order valence-corrected chi connectivity index (χ2v) is 9.88. The molecular formula is C25H31N5O2. The van der Waals surface area contributed by atoms with Crippen LogP contribution in [0.15, 0.2) is 35.5 Å². The van der Waals surface area contributed by atoms with Crippen molar-refractivity contribution in [2.75, 3.05) is 36.1 Å². The minimum absolute atomic E-state index is 0.0981. The maximum Gasteiger partial charge on any atom is 0.229 e. The summed E-state index contributed by atoms with van der Waals surface area (Å²) in [6, 6.07) is 7.86. The number of nitrogens with zero attached hydrogens (tertiary/aromatic N) is 3. The van der Waals surface area contributed by atoms with Crippen LogP contribution in [0.3, 0.4) is 0 Å². The number of ketones is 1. The molecule has 0 radical (unpaired) electrons. The van der Waals surface area contributed by atoms with Gasteiger partial charge in [-0.05, 0) is 48.8 Å². The fourth-order valence-corrected chi connectivity index (χ4v) is 5.29. The first-order valence-corrected chi connectivity index (χ1v) is 11.5. The van der Waals surface area contributed by atoms with Gasteiger partial charge in [0.15, 0.2) is 5.78 Å². The molecule has 1 fully saturated rings. The molecule has 32 heavy (non-hydrogen) atoms. The van der Waals surface area contributed by atoms with Crippen molar-refractivity contribution < 1.29 is 9.53 Å². The van der Waals surface area contributed by atoms with Crippen LogP contribution >= 0.6 is 0 Å². The largest absolute Gasteiger partial charge is 0.497 e. The molecule has 1 aromatic heterocycles. The quantitative estimate of drug-likeness (QED) is 0.747. The van der Waals surface area contributed by atoms with E-state index in [1.807, 2.05) is 24.3 Å². The molecule has 5 rings (SSSR count). The van der Waals surface area contributed by atoms with E-state index < -0.39 is 0 Å². The minimum Gasteiger partial charge on any atom is -0.497 e. The van der Waals surface area contributed by atoms with E-state index in [1.54, 1.807) is 7.11 Å². The minimum atomic E-state index is -0.286. The van der Waals surface area contributed by atoms with Gasteiger partial charge in [0.25, 0.3) is 0 Å². The highest BCUT2D eigenvalue weighted by molar-refractivity contribution is 6.02. The van der Waals surface area contributed by atoms with Crippen LogP contribution < -0.4 is 20.7 Å². The number of Topliss-reactive ketones (excluding diaryl/α,β-unsaturated/α-hetero) is 1. The third-order valence-corrected chi connectivity index (χ3v) is 6.82. The zero-order valence-electron chi connectivity index (χ0n) is 19.1. The molecular weight excluding hydrogens is 402 g/mol. The maximum atomic E-state index is 13.4. The van der Waals surface area contributed by atoms with Crippen molar-refractivity contribution in [1.82, 2.24) is 9.97 Å². The van der Waals surface area contributed by atoms with E-state index in [9.17, 15) is 4.79 Å². The van der Waals surface area contributed by atoms with Crippen molar-refractivity contribution in [1.29, 1.82) is 0 Å². The zero-order valence-corrected chi connectivity index (χ0v) is 19.1. The second-order valence-electron chi connectivity index (χ2n) is 9.88. The summed E-state index contributed by atoms with van der Waals surface area (Å²) < 4.78 is 5.34. The number of aromatic nitrogens is 2. The van der Waals surface area contributed by atoms with Gasteiger partial charge >= 0.3 is 0 Å². The molecule has 0 amide bonds. The van der Waals surface area contributed by atoms with Gasteiger partial charge in [-0.15, -0.1) is 0 Å². The summed E-state index contributed by atoms with van der Waals surface area (Å²) in [5.74, 6) is 2.49. The molecule has 1 saturated heterocycles. The van der Waals surface area contributed by atoms with Crippen LogP contribution in [0.2, 0.25) is 0 Å². The molecule has 1 atom stereocenters.